The molecule has 0 unspecified atom stereocenters. The minimum absolute atomic E-state index is 0.0505. The van der Waals surface area contributed by atoms with Crippen LogP contribution in [0.4, 0.5) is 0 Å². The Morgan fingerprint density at radius 2 is 1.89 bits per heavy atom. The van der Waals surface area contributed by atoms with Crippen LogP contribution in [0.3, 0.4) is 0 Å². The molecule has 0 amide bonds. The summed E-state index contributed by atoms with van der Waals surface area (Å²) >= 11 is 0. The highest BCUT2D eigenvalue weighted by molar-refractivity contribution is 5.51. The summed E-state index contributed by atoms with van der Waals surface area (Å²) in [4.78, 5) is 13.2. The fraction of sp³-hybridized carbons (Fsp3) is 0.438. The van der Waals surface area contributed by atoms with Crippen molar-refractivity contribution in [2.24, 2.45) is 5.41 Å². The molecule has 1 aromatic rings. The van der Waals surface area contributed by atoms with Gasteiger partial charge >= 0.3 is 0 Å². The fourth-order valence-electron chi connectivity index (χ4n) is 2.66. The molecule has 0 aliphatic carbocycles. The Morgan fingerprint density at radius 3 is 2.44 bits per heavy atom. The van der Waals surface area contributed by atoms with Crippen molar-refractivity contribution in [1.29, 1.82) is 0 Å². The number of piperidine rings is 1. The lowest BCUT2D eigenvalue weighted by Gasteiger charge is -2.39. The first-order valence-electron chi connectivity index (χ1n) is 6.61. The molecular weight excluding hydrogens is 222 g/mol. The number of benzene rings is 1. The molecule has 96 valence electrons. The van der Waals surface area contributed by atoms with Crippen LogP contribution in [-0.2, 0) is 11.3 Å². The normalized spacial score (nSPS) is 19.3. The predicted octanol–water partition coefficient (Wildman–Crippen LogP) is 3.04. The zero-order valence-electron chi connectivity index (χ0n) is 10.8. The van der Waals surface area contributed by atoms with E-state index in [-0.39, 0.29) is 5.41 Å². The van der Waals surface area contributed by atoms with Gasteiger partial charge in [0, 0.05) is 13.0 Å². The summed E-state index contributed by atoms with van der Waals surface area (Å²) in [6.07, 6.45) is 5.73. The average Bonchev–Trinajstić information content (AvgIpc) is 2.43. The molecule has 1 aliphatic heterocycles. The summed E-state index contributed by atoms with van der Waals surface area (Å²) in [5.41, 5.74) is 1.41. The molecule has 0 spiro atoms. The smallest absolute Gasteiger partial charge is 0.120 e. The second-order valence-corrected chi connectivity index (χ2v) is 5.20. The first kappa shape index (κ1) is 13.0. The monoisotopic (exact) mass is 243 g/mol. The number of nitrogens with zero attached hydrogens (tertiary/aromatic N) is 1. The van der Waals surface area contributed by atoms with Crippen LogP contribution in [0.5, 0.6) is 0 Å². The third-order valence-electron chi connectivity index (χ3n) is 4.02. The van der Waals surface area contributed by atoms with Crippen LogP contribution in [0, 0.1) is 5.41 Å². The van der Waals surface area contributed by atoms with Crippen LogP contribution < -0.4 is 0 Å². The first-order chi connectivity index (χ1) is 8.78. The highest BCUT2D eigenvalue weighted by Gasteiger charge is 2.31. The Kier molecular flexibility index (Phi) is 4.32. The van der Waals surface area contributed by atoms with E-state index < -0.39 is 0 Å². The number of hydrogen-bond acceptors (Lipinski definition) is 2. The molecule has 18 heavy (non-hydrogen) atoms. The number of likely N-dealkylation sites (tertiary alicyclic amines) is 1. The van der Waals surface area contributed by atoms with Crippen molar-refractivity contribution >= 4 is 6.29 Å². The second-order valence-electron chi connectivity index (χ2n) is 5.20. The standard InChI is InChI=1S/C16H21NO/c1-2-16(10-13-18)8-11-17(12-9-16)14-15-6-4-3-5-7-15/h2-7,13H,1,8-12,14H2. The summed E-state index contributed by atoms with van der Waals surface area (Å²) in [6.45, 7) is 7.02. The molecule has 0 bridgehead atoms. The molecule has 0 N–H and O–H groups in total. The molecular formula is C16H21NO. The summed E-state index contributed by atoms with van der Waals surface area (Å²) in [6, 6.07) is 10.5. The highest BCUT2D eigenvalue weighted by atomic mass is 16.1. The van der Waals surface area contributed by atoms with E-state index in [0.29, 0.717) is 6.42 Å². The fourth-order valence-corrected chi connectivity index (χ4v) is 2.66. The molecule has 0 aromatic heterocycles. The van der Waals surface area contributed by atoms with Gasteiger partial charge in [-0.1, -0.05) is 36.4 Å². The second kappa shape index (κ2) is 5.96. The van der Waals surface area contributed by atoms with Crippen molar-refractivity contribution in [1.82, 2.24) is 4.90 Å². The average molecular weight is 243 g/mol. The van der Waals surface area contributed by atoms with Crippen LogP contribution in [0.25, 0.3) is 0 Å². The SMILES string of the molecule is C=CC1(CC=O)CCN(Cc2ccccc2)CC1. The molecule has 1 aliphatic rings. The minimum Gasteiger partial charge on any atom is -0.303 e. The van der Waals surface area contributed by atoms with E-state index >= 15 is 0 Å². The predicted molar refractivity (Wildman–Crippen MR) is 74.3 cm³/mol. The number of carbonyl (C=O) groups is 1. The number of carbonyl (C=O) groups excluding carboxylic acids is 1. The van der Waals surface area contributed by atoms with Crippen LogP contribution in [-0.4, -0.2) is 24.3 Å². The lowest BCUT2D eigenvalue weighted by Crippen LogP contribution is -2.38. The summed E-state index contributed by atoms with van der Waals surface area (Å²) in [5.74, 6) is 0. The van der Waals surface area contributed by atoms with Gasteiger partial charge < -0.3 is 4.79 Å². The zero-order valence-corrected chi connectivity index (χ0v) is 10.8. The van der Waals surface area contributed by atoms with Crippen molar-refractivity contribution < 1.29 is 4.79 Å². The summed E-state index contributed by atoms with van der Waals surface area (Å²) in [5, 5.41) is 0. The van der Waals surface area contributed by atoms with E-state index in [2.05, 4.69) is 35.7 Å². The van der Waals surface area contributed by atoms with Gasteiger partial charge in [0.25, 0.3) is 0 Å². The molecule has 1 heterocycles. The van der Waals surface area contributed by atoms with Crippen molar-refractivity contribution in [3.63, 3.8) is 0 Å². The zero-order chi connectivity index (χ0) is 12.8. The molecule has 0 atom stereocenters. The molecule has 1 fully saturated rings. The quantitative estimate of drug-likeness (QED) is 0.585. The van der Waals surface area contributed by atoms with Crippen molar-refractivity contribution in [3.05, 3.63) is 48.6 Å². The molecule has 1 saturated heterocycles. The Hall–Kier alpha value is -1.41. The summed E-state index contributed by atoms with van der Waals surface area (Å²) < 4.78 is 0. The van der Waals surface area contributed by atoms with E-state index in [4.69, 9.17) is 0 Å². The van der Waals surface area contributed by atoms with E-state index in [0.717, 1.165) is 38.8 Å². The molecule has 0 saturated carbocycles. The van der Waals surface area contributed by atoms with Crippen molar-refractivity contribution in [2.45, 2.75) is 25.8 Å². The Morgan fingerprint density at radius 1 is 1.22 bits per heavy atom. The molecule has 2 heteroatoms. The Balaban J connectivity index is 1.90. The maximum Gasteiger partial charge on any atom is 0.120 e. The minimum atomic E-state index is 0.0505. The van der Waals surface area contributed by atoms with Gasteiger partial charge in [-0.25, -0.2) is 0 Å². The van der Waals surface area contributed by atoms with Crippen molar-refractivity contribution in [2.75, 3.05) is 13.1 Å². The van der Waals surface area contributed by atoms with Gasteiger partial charge in [-0.2, -0.15) is 0 Å². The van der Waals surface area contributed by atoms with Crippen LogP contribution in [0.1, 0.15) is 24.8 Å². The van der Waals surface area contributed by atoms with Gasteiger partial charge in [-0.3, -0.25) is 4.90 Å². The van der Waals surface area contributed by atoms with Gasteiger partial charge in [0.05, 0.1) is 0 Å². The number of aldehydes is 1. The van der Waals surface area contributed by atoms with E-state index in [1.807, 2.05) is 12.1 Å². The lowest BCUT2D eigenvalue weighted by molar-refractivity contribution is -0.109. The van der Waals surface area contributed by atoms with Gasteiger partial charge in [-0.15, -0.1) is 6.58 Å². The molecule has 0 radical (unpaired) electrons. The van der Waals surface area contributed by atoms with Gasteiger partial charge in [0.2, 0.25) is 0 Å². The van der Waals surface area contributed by atoms with Gasteiger partial charge in [0.15, 0.2) is 0 Å². The van der Waals surface area contributed by atoms with Gasteiger partial charge in [-0.05, 0) is 36.9 Å². The number of allylic oxidation sites excluding steroid dienone is 1. The van der Waals surface area contributed by atoms with Crippen molar-refractivity contribution in [3.8, 4) is 0 Å². The number of rotatable bonds is 5. The molecule has 1 aromatic carbocycles. The summed E-state index contributed by atoms with van der Waals surface area (Å²) in [7, 11) is 0. The highest BCUT2D eigenvalue weighted by Crippen LogP contribution is 2.35. The third-order valence-corrected chi connectivity index (χ3v) is 4.02. The molecule has 2 nitrogen and oxygen atoms in total. The van der Waals surface area contributed by atoms with Crippen LogP contribution in [0.15, 0.2) is 43.0 Å². The van der Waals surface area contributed by atoms with E-state index in [1.165, 1.54) is 5.56 Å². The van der Waals surface area contributed by atoms with Crippen LogP contribution in [0.2, 0.25) is 0 Å². The maximum atomic E-state index is 10.7. The Labute approximate surface area is 109 Å². The first-order valence-corrected chi connectivity index (χ1v) is 6.61. The molecule has 2 rings (SSSR count). The Bertz CT molecular complexity index is 391. The lowest BCUT2D eigenvalue weighted by atomic mass is 9.76. The van der Waals surface area contributed by atoms with E-state index in [1.54, 1.807) is 0 Å². The topological polar surface area (TPSA) is 20.3 Å². The van der Waals surface area contributed by atoms with Crippen LogP contribution >= 0.6 is 0 Å². The third kappa shape index (κ3) is 3.08. The van der Waals surface area contributed by atoms with E-state index in [9.17, 15) is 4.79 Å². The maximum absolute atomic E-state index is 10.7. The largest absolute Gasteiger partial charge is 0.303 e. The number of hydrogen-bond donors (Lipinski definition) is 0. The van der Waals surface area contributed by atoms with Gasteiger partial charge in [0.1, 0.15) is 6.29 Å².